The minimum absolute atomic E-state index is 0.130. The molecule has 4 heteroatoms. The van der Waals surface area contributed by atoms with Crippen LogP contribution >= 0.6 is 0 Å². The van der Waals surface area contributed by atoms with E-state index in [1.807, 2.05) is 30.3 Å². The number of nitrogens with one attached hydrogen (secondary N) is 1. The maximum Gasteiger partial charge on any atom is 0.146 e. The Balaban J connectivity index is 2.05. The van der Waals surface area contributed by atoms with E-state index in [0.717, 1.165) is 33.7 Å². The first-order valence-electron chi connectivity index (χ1n) is 6.19. The number of nitrogens with zero attached hydrogens (tertiary/aromatic N) is 1. The molecule has 4 rings (SSSR count). The molecule has 2 atom stereocenters. The van der Waals surface area contributed by atoms with Gasteiger partial charge in [0.15, 0.2) is 0 Å². The molecular weight excluding hydrogens is 240 g/mol. The predicted octanol–water partition coefficient (Wildman–Crippen LogP) is 1.53. The number of hydroxylamine groups is 2. The number of pyridine rings is 1. The van der Waals surface area contributed by atoms with E-state index in [0.29, 0.717) is 0 Å². The summed E-state index contributed by atoms with van der Waals surface area (Å²) in [5.74, 6) is 0.789. The zero-order valence-electron chi connectivity index (χ0n) is 10.4. The van der Waals surface area contributed by atoms with Gasteiger partial charge < -0.3 is 15.0 Å². The smallest absolute Gasteiger partial charge is 0.146 e. The molecule has 0 spiro atoms. The molecule has 0 saturated heterocycles. The van der Waals surface area contributed by atoms with Crippen LogP contribution < -0.4 is 9.80 Å². The standard InChI is InChI=1S/C15H12N2O2/c1-19-10-2-3-11-12(8-10)14-13-9(4-6-16-14)5-7-17(18)15(11)13/h2-8,15,17H,1H3. The van der Waals surface area contributed by atoms with Crippen molar-refractivity contribution in [1.82, 2.24) is 4.98 Å². The molecule has 1 aromatic heterocycles. The van der Waals surface area contributed by atoms with Gasteiger partial charge in [-0.2, -0.15) is 0 Å². The first kappa shape index (κ1) is 10.7. The number of rotatable bonds is 1. The molecule has 1 aliphatic heterocycles. The van der Waals surface area contributed by atoms with E-state index >= 15 is 0 Å². The molecule has 2 unspecified atom stereocenters. The van der Waals surface area contributed by atoms with Crippen LogP contribution in [0.3, 0.4) is 0 Å². The number of hydrogen-bond donors (Lipinski definition) is 1. The fourth-order valence-corrected chi connectivity index (χ4v) is 2.99. The molecular formula is C15H12N2O2. The van der Waals surface area contributed by atoms with Gasteiger partial charge in [-0.15, -0.1) is 0 Å². The normalized spacial score (nSPS) is 22.0. The van der Waals surface area contributed by atoms with E-state index in [1.165, 1.54) is 0 Å². The van der Waals surface area contributed by atoms with E-state index in [2.05, 4.69) is 4.98 Å². The summed E-state index contributed by atoms with van der Waals surface area (Å²) in [6.07, 6.45) is 5.33. The number of fused-ring (bicyclic) bond motifs is 3. The Kier molecular flexibility index (Phi) is 2.07. The van der Waals surface area contributed by atoms with Crippen LogP contribution in [0.4, 0.5) is 0 Å². The highest BCUT2D eigenvalue weighted by atomic mass is 16.5. The summed E-state index contributed by atoms with van der Waals surface area (Å²) in [5.41, 5.74) is 5.08. The van der Waals surface area contributed by atoms with Gasteiger partial charge in [0.05, 0.1) is 19.0 Å². The van der Waals surface area contributed by atoms with Gasteiger partial charge >= 0.3 is 0 Å². The fraction of sp³-hybridized carbons (Fsp3) is 0.133. The second kappa shape index (κ2) is 3.66. The summed E-state index contributed by atoms with van der Waals surface area (Å²) >= 11 is 0. The molecule has 0 radical (unpaired) electrons. The fourth-order valence-electron chi connectivity index (χ4n) is 2.99. The average molecular weight is 252 g/mol. The van der Waals surface area contributed by atoms with E-state index in [-0.39, 0.29) is 11.1 Å². The summed E-state index contributed by atoms with van der Waals surface area (Å²) in [6, 6.07) is 7.60. The van der Waals surface area contributed by atoms with E-state index in [4.69, 9.17) is 4.74 Å². The van der Waals surface area contributed by atoms with Crippen LogP contribution in [0.15, 0.2) is 36.7 Å². The third-order valence-electron chi connectivity index (χ3n) is 3.85. The summed E-state index contributed by atoms with van der Waals surface area (Å²) in [7, 11) is 1.64. The van der Waals surface area contributed by atoms with E-state index in [9.17, 15) is 5.21 Å². The Hall–Kier alpha value is -2.17. The molecule has 2 aromatic rings. The highest BCUT2D eigenvalue weighted by Gasteiger charge is 2.37. The third kappa shape index (κ3) is 1.32. The van der Waals surface area contributed by atoms with Gasteiger partial charge in [0.25, 0.3) is 0 Å². The Bertz CT molecular complexity index is 709. The Labute approximate surface area is 110 Å². The Morgan fingerprint density at radius 2 is 2.21 bits per heavy atom. The molecule has 4 nitrogen and oxygen atoms in total. The van der Waals surface area contributed by atoms with Crippen LogP contribution in [0.2, 0.25) is 0 Å². The number of methoxy groups -OCH3 is 1. The van der Waals surface area contributed by atoms with Gasteiger partial charge in [0.2, 0.25) is 0 Å². The largest absolute Gasteiger partial charge is 0.629 e. The van der Waals surface area contributed by atoms with Crippen molar-refractivity contribution < 1.29 is 9.80 Å². The number of benzene rings is 1. The van der Waals surface area contributed by atoms with Gasteiger partial charge in [-0.25, -0.2) is 0 Å². The number of ether oxygens (including phenoxy) is 1. The average Bonchev–Trinajstić information content (AvgIpc) is 2.79. The lowest BCUT2D eigenvalue weighted by molar-refractivity contribution is -0.820. The number of quaternary nitrogens is 1. The van der Waals surface area contributed by atoms with Crippen LogP contribution in [0, 0.1) is 5.21 Å². The second-order valence-corrected chi connectivity index (χ2v) is 4.78. The van der Waals surface area contributed by atoms with Crippen molar-refractivity contribution >= 4 is 6.08 Å². The van der Waals surface area contributed by atoms with Crippen molar-refractivity contribution in [2.75, 3.05) is 7.11 Å². The van der Waals surface area contributed by atoms with Crippen LogP contribution in [0.1, 0.15) is 22.7 Å². The van der Waals surface area contributed by atoms with E-state index in [1.54, 1.807) is 19.5 Å². The highest BCUT2D eigenvalue weighted by Crippen LogP contribution is 2.44. The monoisotopic (exact) mass is 252 g/mol. The molecule has 2 heterocycles. The molecule has 0 bridgehead atoms. The Morgan fingerprint density at radius 3 is 3.05 bits per heavy atom. The van der Waals surface area contributed by atoms with Crippen molar-refractivity contribution in [2.24, 2.45) is 0 Å². The van der Waals surface area contributed by atoms with Crippen LogP contribution in [0.25, 0.3) is 17.3 Å². The topological polar surface area (TPSA) is 49.6 Å². The summed E-state index contributed by atoms with van der Waals surface area (Å²) < 4.78 is 5.27. The third-order valence-corrected chi connectivity index (χ3v) is 3.85. The lowest BCUT2D eigenvalue weighted by Crippen LogP contribution is -3.03. The SMILES string of the molecule is COc1ccc2c(c1)-c1nccc3c1C2[NH+]([O-])C=C3. The van der Waals surface area contributed by atoms with Gasteiger partial charge in [-0.3, -0.25) is 4.98 Å². The van der Waals surface area contributed by atoms with Crippen molar-refractivity contribution in [3.63, 3.8) is 0 Å². The molecule has 2 aliphatic rings. The zero-order chi connectivity index (χ0) is 13.0. The lowest BCUT2D eigenvalue weighted by Gasteiger charge is -2.29. The minimum atomic E-state index is -0.190. The minimum Gasteiger partial charge on any atom is -0.629 e. The van der Waals surface area contributed by atoms with Gasteiger partial charge in [0, 0.05) is 22.9 Å². The maximum atomic E-state index is 12.2. The molecule has 0 fully saturated rings. The van der Waals surface area contributed by atoms with Crippen molar-refractivity contribution in [1.29, 1.82) is 0 Å². The molecule has 1 aliphatic carbocycles. The van der Waals surface area contributed by atoms with Gasteiger partial charge in [-0.1, -0.05) is 0 Å². The Morgan fingerprint density at radius 1 is 1.32 bits per heavy atom. The maximum absolute atomic E-state index is 12.2. The van der Waals surface area contributed by atoms with Gasteiger partial charge in [-0.05, 0) is 35.9 Å². The second-order valence-electron chi connectivity index (χ2n) is 4.78. The molecule has 0 amide bonds. The first-order chi connectivity index (χ1) is 9.29. The lowest BCUT2D eigenvalue weighted by atomic mass is 9.99. The van der Waals surface area contributed by atoms with Crippen molar-refractivity contribution in [3.8, 4) is 17.0 Å². The summed E-state index contributed by atoms with van der Waals surface area (Å²) in [5, 5.41) is 12.3. The first-order valence-corrected chi connectivity index (χ1v) is 6.19. The van der Waals surface area contributed by atoms with Crippen LogP contribution in [0.5, 0.6) is 5.75 Å². The summed E-state index contributed by atoms with van der Waals surface area (Å²) in [6.45, 7) is 0. The van der Waals surface area contributed by atoms with Gasteiger partial charge in [0.1, 0.15) is 11.8 Å². The van der Waals surface area contributed by atoms with Crippen molar-refractivity contribution in [3.05, 3.63) is 58.6 Å². The van der Waals surface area contributed by atoms with E-state index < -0.39 is 0 Å². The van der Waals surface area contributed by atoms with Crippen LogP contribution in [-0.4, -0.2) is 12.1 Å². The highest BCUT2D eigenvalue weighted by molar-refractivity contribution is 5.80. The zero-order valence-corrected chi connectivity index (χ0v) is 10.4. The number of hydrogen-bond acceptors (Lipinski definition) is 3. The molecule has 94 valence electrons. The molecule has 19 heavy (non-hydrogen) atoms. The van der Waals surface area contributed by atoms with Crippen LogP contribution in [-0.2, 0) is 0 Å². The molecule has 0 saturated carbocycles. The summed E-state index contributed by atoms with van der Waals surface area (Å²) in [4.78, 5) is 4.46. The molecule has 1 N–H and O–H groups in total. The molecule has 1 aromatic carbocycles. The number of aromatic nitrogens is 1. The van der Waals surface area contributed by atoms with Crippen molar-refractivity contribution in [2.45, 2.75) is 6.04 Å². The quantitative estimate of drug-likeness (QED) is 0.783. The predicted molar refractivity (Wildman–Crippen MR) is 71.4 cm³/mol.